The first-order valence-corrected chi connectivity index (χ1v) is 7.37. The number of oxazole rings is 2. The highest BCUT2D eigenvalue weighted by Gasteiger charge is 2.08. The van der Waals surface area contributed by atoms with Crippen LogP contribution in [0.15, 0.2) is 13.8 Å². The molecule has 0 aromatic carbocycles. The Hall–Kier alpha value is -2.31. The molecule has 2 heterocycles. The van der Waals surface area contributed by atoms with Gasteiger partial charge in [-0.15, -0.1) is 0 Å². The summed E-state index contributed by atoms with van der Waals surface area (Å²) < 4.78 is 11.1. The number of aryl methyl sites for hydroxylation is 4. The zero-order chi connectivity index (χ0) is 16.1. The monoisotopic (exact) mass is 305 g/mol. The highest BCUT2D eigenvalue weighted by Crippen LogP contribution is 2.09. The van der Waals surface area contributed by atoms with Gasteiger partial charge < -0.3 is 19.5 Å². The molecule has 0 spiro atoms. The summed E-state index contributed by atoms with van der Waals surface area (Å²) in [5, 5.41) is 6.35. The molecule has 7 heteroatoms. The van der Waals surface area contributed by atoms with Gasteiger partial charge in [0, 0.05) is 6.54 Å². The number of nitrogens with zero attached hydrogens (tertiary/aromatic N) is 3. The fraction of sp³-hybridized carbons (Fsp3) is 0.533. The number of rotatable bonds is 5. The third kappa shape index (κ3) is 4.09. The van der Waals surface area contributed by atoms with Crippen LogP contribution in [-0.4, -0.2) is 22.5 Å². The summed E-state index contributed by atoms with van der Waals surface area (Å²) in [5.74, 6) is 3.58. The molecule has 2 aromatic heterocycles. The lowest BCUT2D eigenvalue weighted by Gasteiger charge is -2.08. The first-order chi connectivity index (χ1) is 10.5. The van der Waals surface area contributed by atoms with Crippen molar-refractivity contribution >= 4 is 5.96 Å². The molecule has 2 aromatic rings. The van der Waals surface area contributed by atoms with Gasteiger partial charge in [0.2, 0.25) is 11.8 Å². The summed E-state index contributed by atoms with van der Waals surface area (Å²) in [7, 11) is 0. The van der Waals surface area contributed by atoms with E-state index in [0.29, 0.717) is 30.8 Å². The van der Waals surface area contributed by atoms with Crippen LogP contribution >= 0.6 is 0 Å². The van der Waals surface area contributed by atoms with E-state index in [1.165, 1.54) is 0 Å². The third-order valence-corrected chi connectivity index (χ3v) is 3.27. The van der Waals surface area contributed by atoms with E-state index in [-0.39, 0.29) is 0 Å². The van der Waals surface area contributed by atoms with Crippen molar-refractivity contribution in [2.45, 2.75) is 47.7 Å². The molecule has 0 saturated heterocycles. The molecule has 0 saturated carbocycles. The SMILES string of the molecule is CCNC(=NCc1nc(C)c(C)o1)NCc1nc(C)c(C)o1. The second-order valence-electron chi connectivity index (χ2n) is 5.05. The molecule has 0 bridgehead atoms. The minimum absolute atomic E-state index is 0.383. The topological polar surface area (TPSA) is 88.5 Å². The maximum absolute atomic E-state index is 5.54. The number of aromatic nitrogens is 2. The van der Waals surface area contributed by atoms with E-state index in [0.717, 1.165) is 29.5 Å². The van der Waals surface area contributed by atoms with E-state index in [1.54, 1.807) is 0 Å². The van der Waals surface area contributed by atoms with Gasteiger partial charge in [-0.3, -0.25) is 0 Å². The van der Waals surface area contributed by atoms with E-state index < -0.39 is 0 Å². The van der Waals surface area contributed by atoms with Crippen molar-refractivity contribution in [2.24, 2.45) is 4.99 Å². The molecular formula is C15H23N5O2. The zero-order valence-electron chi connectivity index (χ0n) is 13.8. The van der Waals surface area contributed by atoms with Gasteiger partial charge in [-0.2, -0.15) is 0 Å². The fourth-order valence-corrected chi connectivity index (χ4v) is 1.87. The maximum atomic E-state index is 5.54. The minimum atomic E-state index is 0.383. The molecule has 7 nitrogen and oxygen atoms in total. The molecule has 2 rings (SSSR count). The summed E-state index contributed by atoms with van der Waals surface area (Å²) in [5.41, 5.74) is 1.80. The van der Waals surface area contributed by atoms with Crippen LogP contribution in [0, 0.1) is 27.7 Å². The Kier molecular flexibility index (Phi) is 5.19. The largest absolute Gasteiger partial charge is 0.444 e. The van der Waals surface area contributed by atoms with Gasteiger partial charge in [-0.05, 0) is 34.6 Å². The van der Waals surface area contributed by atoms with E-state index in [9.17, 15) is 0 Å². The molecular weight excluding hydrogens is 282 g/mol. The van der Waals surface area contributed by atoms with Crippen LogP contribution in [0.4, 0.5) is 0 Å². The Bertz CT molecular complexity index is 618. The van der Waals surface area contributed by atoms with Crippen molar-refractivity contribution < 1.29 is 8.83 Å². The van der Waals surface area contributed by atoms with Crippen molar-refractivity contribution in [1.82, 2.24) is 20.6 Å². The van der Waals surface area contributed by atoms with Crippen molar-refractivity contribution in [2.75, 3.05) is 6.54 Å². The predicted molar refractivity (Wildman–Crippen MR) is 83.6 cm³/mol. The Morgan fingerprint density at radius 1 is 0.955 bits per heavy atom. The molecule has 0 fully saturated rings. The lowest BCUT2D eigenvalue weighted by Crippen LogP contribution is -2.36. The summed E-state index contributed by atoms with van der Waals surface area (Å²) in [6.45, 7) is 11.3. The number of guanidine groups is 1. The molecule has 0 unspecified atom stereocenters. The third-order valence-electron chi connectivity index (χ3n) is 3.27. The van der Waals surface area contributed by atoms with Crippen molar-refractivity contribution in [3.63, 3.8) is 0 Å². The lowest BCUT2D eigenvalue weighted by molar-refractivity contribution is 0.462. The summed E-state index contributed by atoms with van der Waals surface area (Å²) in [6.07, 6.45) is 0. The molecule has 0 amide bonds. The van der Waals surface area contributed by atoms with Crippen LogP contribution in [0.3, 0.4) is 0 Å². The first kappa shape index (κ1) is 16.1. The van der Waals surface area contributed by atoms with Crippen LogP contribution in [0.1, 0.15) is 41.6 Å². The minimum Gasteiger partial charge on any atom is -0.444 e. The van der Waals surface area contributed by atoms with Gasteiger partial charge in [-0.25, -0.2) is 15.0 Å². The number of aliphatic imine (C=N–C) groups is 1. The molecule has 0 aliphatic carbocycles. The van der Waals surface area contributed by atoms with Crippen LogP contribution in [0.2, 0.25) is 0 Å². The van der Waals surface area contributed by atoms with Gasteiger partial charge in [0.1, 0.15) is 18.1 Å². The Morgan fingerprint density at radius 3 is 2.05 bits per heavy atom. The molecule has 120 valence electrons. The standard InChI is InChI=1S/C15H23N5O2/c1-6-16-15(17-7-13-19-9(2)11(4)21-13)18-8-14-20-10(3)12(5)22-14/h6-8H2,1-5H3,(H2,16,17,18). The fourth-order valence-electron chi connectivity index (χ4n) is 1.87. The molecule has 0 aliphatic heterocycles. The number of hydrogen-bond acceptors (Lipinski definition) is 5. The second kappa shape index (κ2) is 7.11. The van der Waals surface area contributed by atoms with Gasteiger partial charge >= 0.3 is 0 Å². The molecule has 0 aliphatic rings. The van der Waals surface area contributed by atoms with E-state index in [4.69, 9.17) is 8.83 Å². The van der Waals surface area contributed by atoms with E-state index in [2.05, 4.69) is 25.6 Å². The van der Waals surface area contributed by atoms with E-state index >= 15 is 0 Å². The predicted octanol–water partition coefficient (Wildman–Crippen LogP) is 2.15. The Labute approximate surface area is 130 Å². The summed E-state index contributed by atoms with van der Waals surface area (Å²) in [4.78, 5) is 13.1. The average molecular weight is 305 g/mol. The highest BCUT2D eigenvalue weighted by atomic mass is 16.4. The number of hydrogen-bond donors (Lipinski definition) is 2. The quantitative estimate of drug-likeness (QED) is 0.650. The first-order valence-electron chi connectivity index (χ1n) is 7.37. The van der Waals surface area contributed by atoms with Crippen LogP contribution < -0.4 is 10.6 Å². The average Bonchev–Trinajstić information content (AvgIpc) is 2.96. The highest BCUT2D eigenvalue weighted by molar-refractivity contribution is 5.79. The normalized spacial score (nSPS) is 11.8. The molecule has 22 heavy (non-hydrogen) atoms. The van der Waals surface area contributed by atoms with Crippen LogP contribution in [0.25, 0.3) is 0 Å². The van der Waals surface area contributed by atoms with Gasteiger partial charge in [0.05, 0.1) is 17.9 Å². The van der Waals surface area contributed by atoms with Crippen molar-refractivity contribution in [3.05, 3.63) is 34.7 Å². The van der Waals surface area contributed by atoms with E-state index in [1.807, 2.05) is 34.6 Å². The maximum Gasteiger partial charge on any atom is 0.216 e. The molecule has 0 radical (unpaired) electrons. The van der Waals surface area contributed by atoms with Crippen molar-refractivity contribution in [1.29, 1.82) is 0 Å². The second-order valence-corrected chi connectivity index (χ2v) is 5.05. The van der Waals surface area contributed by atoms with Crippen molar-refractivity contribution in [3.8, 4) is 0 Å². The van der Waals surface area contributed by atoms with Crippen LogP contribution in [-0.2, 0) is 13.1 Å². The summed E-state index contributed by atoms with van der Waals surface area (Å²) in [6, 6.07) is 0. The Morgan fingerprint density at radius 2 is 1.55 bits per heavy atom. The smallest absolute Gasteiger partial charge is 0.216 e. The zero-order valence-corrected chi connectivity index (χ0v) is 13.8. The van der Waals surface area contributed by atoms with Gasteiger partial charge in [0.15, 0.2) is 5.96 Å². The molecule has 0 atom stereocenters. The van der Waals surface area contributed by atoms with Gasteiger partial charge in [-0.1, -0.05) is 0 Å². The lowest BCUT2D eigenvalue weighted by atomic mass is 10.4. The molecule has 2 N–H and O–H groups in total. The Balaban J connectivity index is 1.97. The number of nitrogens with one attached hydrogen (secondary N) is 2. The van der Waals surface area contributed by atoms with Gasteiger partial charge in [0.25, 0.3) is 0 Å². The summed E-state index contributed by atoms with van der Waals surface area (Å²) >= 11 is 0. The van der Waals surface area contributed by atoms with Crippen LogP contribution in [0.5, 0.6) is 0 Å².